The topological polar surface area (TPSA) is 57.0 Å². The second kappa shape index (κ2) is 5.44. The van der Waals surface area contributed by atoms with Crippen molar-refractivity contribution in [3.8, 4) is 5.75 Å². The molecule has 0 saturated heterocycles. The number of methoxy groups -OCH3 is 1. The van der Waals surface area contributed by atoms with E-state index in [-0.39, 0.29) is 5.78 Å². The molecule has 2 rings (SSSR count). The maximum absolute atomic E-state index is 11.8. The van der Waals surface area contributed by atoms with Crippen molar-refractivity contribution in [1.82, 2.24) is 14.8 Å². The van der Waals surface area contributed by atoms with E-state index in [1.54, 1.807) is 13.2 Å². The molecule has 0 aliphatic heterocycles. The Labute approximate surface area is 116 Å². The van der Waals surface area contributed by atoms with Gasteiger partial charge in [-0.25, -0.2) is 0 Å². The number of ketones is 1. The summed E-state index contributed by atoms with van der Waals surface area (Å²) in [6.45, 7) is 3.42. The molecule has 0 spiro atoms. The molecule has 0 atom stereocenters. The predicted octanol–water partition coefficient (Wildman–Crippen LogP) is 2.49. The summed E-state index contributed by atoms with van der Waals surface area (Å²) < 4.78 is 7.13. The van der Waals surface area contributed by atoms with Gasteiger partial charge in [0.2, 0.25) is 0 Å². The lowest BCUT2D eigenvalue weighted by molar-refractivity contribution is 0.101. The molecule has 19 heavy (non-hydrogen) atoms. The van der Waals surface area contributed by atoms with Gasteiger partial charge in [-0.1, -0.05) is 6.07 Å². The van der Waals surface area contributed by atoms with Crippen LogP contribution in [0.5, 0.6) is 5.75 Å². The van der Waals surface area contributed by atoms with Crippen LogP contribution in [0.1, 0.15) is 23.1 Å². The van der Waals surface area contributed by atoms with Crippen molar-refractivity contribution in [3.63, 3.8) is 0 Å². The van der Waals surface area contributed by atoms with Gasteiger partial charge in [0.15, 0.2) is 10.9 Å². The third-order valence-electron chi connectivity index (χ3n) is 2.81. The fourth-order valence-electron chi connectivity index (χ4n) is 1.69. The van der Waals surface area contributed by atoms with E-state index in [1.165, 1.54) is 18.7 Å². The van der Waals surface area contributed by atoms with Gasteiger partial charge in [0, 0.05) is 11.9 Å². The number of nitrogens with zero attached hydrogens (tertiary/aromatic N) is 3. The van der Waals surface area contributed by atoms with E-state index in [2.05, 4.69) is 10.2 Å². The van der Waals surface area contributed by atoms with Crippen molar-refractivity contribution in [2.45, 2.75) is 23.9 Å². The zero-order chi connectivity index (χ0) is 14.0. The van der Waals surface area contributed by atoms with E-state index in [1.807, 2.05) is 30.7 Å². The highest BCUT2D eigenvalue weighted by Gasteiger charge is 2.16. The Bertz CT molecular complexity index is 622. The Kier molecular flexibility index (Phi) is 3.90. The van der Waals surface area contributed by atoms with Gasteiger partial charge < -0.3 is 9.30 Å². The van der Waals surface area contributed by atoms with Gasteiger partial charge in [-0.2, -0.15) is 0 Å². The highest BCUT2D eigenvalue weighted by Crippen LogP contribution is 2.34. The molecule has 0 fully saturated rings. The number of aryl methyl sites for hydroxylation is 1. The largest absolute Gasteiger partial charge is 0.496 e. The second-order valence-electron chi connectivity index (χ2n) is 4.08. The number of aromatic nitrogens is 3. The molecule has 1 heterocycles. The van der Waals surface area contributed by atoms with Gasteiger partial charge in [0.25, 0.3) is 0 Å². The zero-order valence-corrected chi connectivity index (χ0v) is 12.1. The SMILES string of the molecule is COc1cccc(Sc2nnc(C)n2C)c1C(C)=O. The van der Waals surface area contributed by atoms with E-state index in [4.69, 9.17) is 4.74 Å². The third-order valence-corrected chi connectivity index (χ3v) is 3.91. The smallest absolute Gasteiger partial charge is 0.195 e. The number of Topliss-reactive ketones (excluding diaryl/α,β-unsaturated/α-hetero) is 1. The molecule has 5 nitrogen and oxygen atoms in total. The number of ether oxygens (including phenoxy) is 1. The van der Waals surface area contributed by atoms with Gasteiger partial charge >= 0.3 is 0 Å². The summed E-state index contributed by atoms with van der Waals surface area (Å²) in [5.74, 6) is 1.38. The molecule has 1 aromatic carbocycles. The Morgan fingerprint density at radius 1 is 1.37 bits per heavy atom. The minimum atomic E-state index is -0.0289. The molecular formula is C13H15N3O2S. The average molecular weight is 277 g/mol. The first-order valence-corrected chi connectivity index (χ1v) is 6.58. The Morgan fingerprint density at radius 3 is 2.63 bits per heavy atom. The molecule has 0 unspecified atom stereocenters. The van der Waals surface area contributed by atoms with Crippen LogP contribution in [-0.4, -0.2) is 27.7 Å². The molecular weight excluding hydrogens is 262 g/mol. The maximum atomic E-state index is 11.8. The lowest BCUT2D eigenvalue weighted by Crippen LogP contribution is -2.01. The number of rotatable bonds is 4. The molecule has 0 bridgehead atoms. The summed E-state index contributed by atoms with van der Waals surface area (Å²) >= 11 is 1.41. The Hall–Kier alpha value is -1.82. The van der Waals surface area contributed by atoms with Crippen molar-refractivity contribution in [3.05, 3.63) is 29.6 Å². The lowest BCUT2D eigenvalue weighted by Gasteiger charge is -2.10. The van der Waals surface area contributed by atoms with Gasteiger partial charge in [0.1, 0.15) is 11.6 Å². The van der Waals surface area contributed by atoms with Crippen LogP contribution in [0.2, 0.25) is 0 Å². The summed E-state index contributed by atoms with van der Waals surface area (Å²) in [5, 5.41) is 8.84. The van der Waals surface area contributed by atoms with Crippen LogP contribution in [0.15, 0.2) is 28.3 Å². The minimum Gasteiger partial charge on any atom is -0.496 e. The molecule has 0 amide bonds. The molecule has 100 valence electrons. The number of hydrogen-bond donors (Lipinski definition) is 0. The quantitative estimate of drug-likeness (QED) is 0.804. The first kappa shape index (κ1) is 13.6. The van der Waals surface area contributed by atoms with Gasteiger partial charge in [-0.05, 0) is 37.7 Å². The van der Waals surface area contributed by atoms with Crippen LogP contribution in [0.3, 0.4) is 0 Å². The number of carbonyl (C=O) groups excluding carboxylic acids is 1. The maximum Gasteiger partial charge on any atom is 0.195 e. The van der Waals surface area contributed by atoms with Crippen molar-refractivity contribution < 1.29 is 9.53 Å². The summed E-state index contributed by atoms with van der Waals surface area (Å²) in [6, 6.07) is 5.52. The van der Waals surface area contributed by atoms with Crippen LogP contribution in [0.4, 0.5) is 0 Å². The van der Waals surface area contributed by atoms with Crippen molar-refractivity contribution in [1.29, 1.82) is 0 Å². The number of hydrogen-bond acceptors (Lipinski definition) is 5. The highest BCUT2D eigenvalue weighted by molar-refractivity contribution is 7.99. The van der Waals surface area contributed by atoms with Gasteiger partial charge in [0.05, 0.1) is 12.7 Å². The van der Waals surface area contributed by atoms with Crippen LogP contribution in [-0.2, 0) is 7.05 Å². The average Bonchev–Trinajstić information content (AvgIpc) is 2.70. The molecule has 0 saturated carbocycles. The Balaban J connectivity index is 2.45. The van der Waals surface area contributed by atoms with Crippen LogP contribution in [0.25, 0.3) is 0 Å². The molecule has 0 aliphatic carbocycles. The number of carbonyl (C=O) groups is 1. The summed E-state index contributed by atoms with van der Waals surface area (Å²) in [4.78, 5) is 12.6. The monoisotopic (exact) mass is 277 g/mol. The predicted molar refractivity (Wildman–Crippen MR) is 72.9 cm³/mol. The highest BCUT2D eigenvalue weighted by atomic mass is 32.2. The summed E-state index contributed by atoms with van der Waals surface area (Å²) in [7, 11) is 3.45. The molecule has 1 aromatic heterocycles. The first-order chi connectivity index (χ1) is 9.04. The third kappa shape index (κ3) is 2.63. The Morgan fingerprint density at radius 2 is 2.11 bits per heavy atom. The molecule has 0 N–H and O–H groups in total. The molecule has 0 radical (unpaired) electrons. The van der Waals surface area contributed by atoms with Crippen molar-refractivity contribution >= 4 is 17.5 Å². The molecule has 2 aromatic rings. The van der Waals surface area contributed by atoms with Crippen LogP contribution < -0.4 is 4.74 Å². The second-order valence-corrected chi connectivity index (χ2v) is 5.09. The van der Waals surface area contributed by atoms with Crippen LogP contribution in [0, 0.1) is 6.92 Å². The van der Waals surface area contributed by atoms with E-state index in [0.717, 1.165) is 15.9 Å². The van der Waals surface area contributed by atoms with Crippen molar-refractivity contribution in [2.75, 3.05) is 7.11 Å². The van der Waals surface area contributed by atoms with E-state index >= 15 is 0 Å². The minimum absolute atomic E-state index is 0.0289. The molecule has 0 aliphatic rings. The molecule has 6 heteroatoms. The fourth-order valence-corrected chi connectivity index (χ4v) is 2.73. The lowest BCUT2D eigenvalue weighted by atomic mass is 10.1. The van der Waals surface area contributed by atoms with E-state index < -0.39 is 0 Å². The normalized spacial score (nSPS) is 10.5. The number of benzene rings is 1. The van der Waals surface area contributed by atoms with Gasteiger partial charge in [-0.3, -0.25) is 4.79 Å². The summed E-state index contributed by atoms with van der Waals surface area (Å²) in [5.41, 5.74) is 0.579. The first-order valence-electron chi connectivity index (χ1n) is 5.76. The fraction of sp³-hybridized carbons (Fsp3) is 0.308. The van der Waals surface area contributed by atoms with Crippen molar-refractivity contribution in [2.24, 2.45) is 7.05 Å². The van der Waals surface area contributed by atoms with Gasteiger partial charge in [-0.15, -0.1) is 10.2 Å². The van der Waals surface area contributed by atoms with E-state index in [9.17, 15) is 4.79 Å². The summed E-state index contributed by atoms with van der Waals surface area (Å²) in [6.07, 6.45) is 0. The van der Waals surface area contributed by atoms with E-state index in [0.29, 0.717) is 11.3 Å². The van der Waals surface area contributed by atoms with Crippen LogP contribution >= 0.6 is 11.8 Å². The standard InChI is InChI=1S/C13H15N3O2S/c1-8(17)12-10(18-4)6-5-7-11(12)19-13-15-14-9(2)16(13)3/h5-7H,1-4H3. The zero-order valence-electron chi connectivity index (χ0n) is 11.3.